The number of amides is 2. The Bertz CT molecular complexity index is 445. The lowest BCUT2D eigenvalue weighted by atomic mass is 9.57. The van der Waals surface area contributed by atoms with Crippen LogP contribution in [0.1, 0.15) is 87.5 Å². The zero-order valence-electron chi connectivity index (χ0n) is 16.5. The summed E-state index contributed by atoms with van der Waals surface area (Å²) in [6, 6.07) is 0. The molecule has 3 nitrogen and oxygen atoms in total. The minimum atomic E-state index is -0.195. The average molecular weight is 324 g/mol. The molecular weight excluding hydrogens is 286 g/mol. The average Bonchev–Trinajstić information content (AvgIpc) is 2.79. The van der Waals surface area contributed by atoms with Gasteiger partial charge in [-0.15, -0.1) is 0 Å². The molecule has 0 spiro atoms. The van der Waals surface area contributed by atoms with Crippen LogP contribution in [0.25, 0.3) is 0 Å². The van der Waals surface area contributed by atoms with Crippen LogP contribution in [-0.4, -0.2) is 11.8 Å². The Balaban J connectivity index is 3.18. The topological polar surface area (TPSA) is 46.2 Å². The summed E-state index contributed by atoms with van der Waals surface area (Å²) >= 11 is 0. The summed E-state index contributed by atoms with van der Waals surface area (Å²) in [6.07, 6.45) is 4.79. The third-order valence-corrected chi connectivity index (χ3v) is 7.56. The van der Waals surface area contributed by atoms with E-state index in [1.165, 1.54) is 0 Å². The number of rotatable bonds is 8. The van der Waals surface area contributed by atoms with Gasteiger partial charge in [0, 0.05) is 0 Å². The van der Waals surface area contributed by atoms with Crippen molar-refractivity contribution in [3.05, 3.63) is 0 Å². The monoisotopic (exact) mass is 323 g/mol. The molecule has 0 aromatic rings. The highest BCUT2D eigenvalue weighted by molar-refractivity contribution is 6.05. The summed E-state index contributed by atoms with van der Waals surface area (Å²) in [4.78, 5) is 25.0. The van der Waals surface area contributed by atoms with Crippen molar-refractivity contribution in [1.29, 1.82) is 0 Å². The normalized spacial score (nSPS) is 23.3. The van der Waals surface area contributed by atoms with Gasteiger partial charge in [-0.1, -0.05) is 68.2 Å². The highest BCUT2D eigenvalue weighted by Gasteiger charge is 2.53. The molecule has 1 aliphatic rings. The molecule has 1 heterocycles. The standard InChI is InChI=1S/C20H37NO2/c1-9-19(7,10-2)15-14(16(22)21-17(15)23)13-18(5,6)20(8,11-3)12-4/h14-15H,9-13H2,1-8H3,(H,21,22,23). The van der Waals surface area contributed by atoms with E-state index in [0.29, 0.717) is 0 Å². The van der Waals surface area contributed by atoms with Crippen LogP contribution in [0.15, 0.2) is 0 Å². The Labute approximate surface area is 143 Å². The Morgan fingerprint density at radius 2 is 1.30 bits per heavy atom. The summed E-state index contributed by atoms with van der Waals surface area (Å²) in [5.74, 6) is -0.505. The van der Waals surface area contributed by atoms with Crippen LogP contribution < -0.4 is 5.32 Å². The maximum Gasteiger partial charge on any atom is 0.231 e. The maximum atomic E-state index is 12.5. The van der Waals surface area contributed by atoms with E-state index in [9.17, 15) is 9.59 Å². The van der Waals surface area contributed by atoms with E-state index in [2.05, 4.69) is 60.7 Å². The van der Waals surface area contributed by atoms with Crippen molar-refractivity contribution in [2.75, 3.05) is 0 Å². The van der Waals surface area contributed by atoms with Crippen molar-refractivity contribution in [2.24, 2.45) is 28.1 Å². The first-order valence-corrected chi connectivity index (χ1v) is 9.36. The molecule has 1 aliphatic heterocycles. The van der Waals surface area contributed by atoms with Crippen molar-refractivity contribution < 1.29 is 9.59 Å². The summed E-state index contributed by atoms with van der Waals surface area (Å²) in [5.41, 5.74) is 0.0912. The lowest BCUT2D eigenvalue weighted by molar-refractivity contribution is -0.127. The fourth-order valence-electron chi connectivity index (χ4n) is 4.33. The van der Waals surface area contributed by atoms with Gasteiger partial charge in [0.1, 0.15) is 0 Å². The van der Waals surface area contributed by atoms with Gasteiger partial charge >= 0.3 is 0 Å². The second kappa shape index (κ2) is 6.94. The zero-order valence-corrected chi connectivity index (χ0v) is 16.5. The molecule has 0 aromatic carbocycles. The van der Waals surface area contributed by atoms with Crippen molar-refractivity contribution >= 4 is 11.8 Å². The fourth-order valence-corrected chi connectivity index (χ4v) is 4.33. The van der Waals surface area contributed by atoms with Crippen LogP contribution in [0, 0.1) is 28.1 Å². The molecule has 2 unspecified atom stereocenters. The molecule has 1 N–H and O–H groups in total. The van der Waals surface area contributed by atoms with Crippen molar-refractivity contribution in [1.82, 2.24) is 5.32 Å². The van der Waals surface area contributed by atoms with Gasteiger partial charge in [-0.05, 0) is 35.5 Å². The Morgan fingerprint density at radius 1 is 0.826 bits per heavy atom. The quantitative estimate of drug-likeness (QED) is 0.643. The van der Waals surface area contributed by atoms with Gasteiger partial charge < -0.3 is 0 Å². The summed E-state index contributed by atoms with van der Waals surface area (Å²) in [7, 11) is 0. The van der Waals surface area contributed by atoms with Crippen LogP contribution in [0.5, 0.6) is 0 Å². The molecule has 0 aromatic heterocycles. The first kappa shape index (κ1) is 20.2. The maximum absolute atomic E-state index is 12.5. The van der Waals surface area contributed by atoms with E-state index in [-0.39, 0.29) is 39.9 Å². The van der Waals surface area contributed by atoms with Crippen LogP contribution in [0.4, 0.5) is 0 Å². The number of carbonyl (C=O) groups is 2. The van der Waals surface area contributed by atoms with E-state index < -0.39 is 0 Å². The van der Waals surface area contributed by atoms with Crippen molar-refractivity contribution in [3.8, 4) is 0 Å². The fraction of sp³-hybridized carbons (Fsp3) is 0.900. The van der Waals surface area contributed by atoms with E-state index >= 15 is 0 Å². The lowest BCUT2D eigenvalue weighted by Gasteiger charge is -2.46. The van der Waals surface area contributed by atoms with Gasteiger partial charge in [-0.2, -0.15) is 0 Å². The van der Waals surface area contributed by atoms with E-state index in [1.807, 2.05) is 0 Å². The van der Waals surface area contributed by atoms with Gasteiger partial charge in [0.2, 0.25) is 11.8 Å². The molecule has 0 saturated carbocycles. The van der Waals surface area contributed by atoms with Gasteiger partial charge in [0.15, 0.2) is 0 Å². The molecule has 1 rings (SSSR count). The molecule has 134 valence electrons. The molecule has 0 bridgehead atoms. The Kier molecular flexibility index (Phi) is 6.09. The number of nitrogens with one attached hydrogen (secondary N) is 1. The smallest absolute Gasteiger partial charge is 0.231 e. The van der Waals surface area contributed by atoms with Gasteiger partial charge in [0.25, 0.3) is 0 Å². The lowest BCUT2D eigenvalue weighted by Crippen LogP contribution is -2.41. The second-order valence-electron chi connectivity index (χ2n) is 8.65. The molecule has 1 saturated heterocycles. The Morgan fingerprint density at radius 3 is 1.70 bits per heavy atom. The minimum Gasteiger partial charge on any atom is -0.296 e. The third kappa shape index (κ3) is 3.49. The summed E-state index contributed by atoms with van der Waals surface area (Å²) < 4.78 is 0. The summed E-state index contributed by atoms with van der Waals surface area (Å²) in [5, 5.41) is 2.62. The number of hydrogen-bond donors (Lipinski definition) is 1. The summed E-state index contributed by atoms with van der Waals surface area (Å²) in [6.45, 7) is 17.7. The van der Waals surface area contributed by atoms with E-state index in [0.717, 1.165) is 32.1 Å². The molecule has 23 heavy (non-hydrogen) atoms. The molecule has 1 fully saturated rings. The molecule has 3 heteroatoms. The van der Waals surface area contributed by atoms with Crippen LogP contribution in [0.2, 0.25) is 0 Å². The highest BCUT2D eigenvalue weighted by atomic mass is 16.2. The van der Waals surface area contributed by atoms with E-state index in [1.54, 1.807) is 0 Å². The second-order valence-corrected chi connectivity index (χ2v) is 8.65. The first-order chi connectivity index (χ1) is 10.5. The SMILES string of the molecule is CCC(C)(CC)C1C(=O)NC(=O)C1CC(C)(C)C(C)(CC)CC. The molecule has 0 radical (unpaired) electrons. The Hall–Kier alpha value is -0.860. The number of carbonyl (C=O) groups excluding carboxylic acids is 2. The highest BCUT2D eigenvalue weighted by Crippen LogP contribution is 2.52. The predicted octanol–water partition coefficient (Wildman–Crippen LogP) is 4.94. The molecule has 0 aliphatic carbocycles. The third-order valence-electron chi connectivity index (χ3n) is 7.56. The largest absolute Gasteiger partial charge is 0.296 e. The molecular formula is C20H37NO2. The van der Waals surface area contributed by atoms with Crippen LogP contribution >= 0.6 is 0 Å². The number of hydrogen-bond acceptors (Lipinski definition) is 2. The number of imide groups is 1. The van der Waals surface area contributed by atoms with E-state index in [4.69, 9.17) is 0 Å². The first-order valence-electron chi connectivity index (χ1n) is 9.36. The van der Waals surface area contributed by atoms with Crippen molar-refractivity contribution in [2.45, 2.75) is 87.5 Å². The van der Waals surface area contributed by atoms with Crippen LogP contribution in [-0.2, 0) is 9.59 Å². The van der Waals surface area contributed by atoms with Crippen molar-refractivity contribution in [3.63, 3.8) is 0 Å². The minimum absolute atomic E-state index is 0.0176. The van der Waals surface area contributed by atoms with Gasteiger partial charge in [0.05, 0.1) is 11.8 Å². The molecule has 2 atom stereocenters. The predicted molar refractivity (Wildman–Crippen MR) is 95.9 cm³/mol. The zero-order chi connectivity index (χ0) is 18.1. The van der Waals surface area contributed by atoms with Crippen LogP contribution in [0.3, 0.4) is 0 Å². The molecule has 2 amide bonds. The van der Waals surface area contributed by atoms with Gasteiger partial charge in [-0.25, -0.2) is 0 Å². The van der Waals surface area contributed by atoms with Gasteiger partial charge in [-0.3, -0.25) is 14.9 Å².